The number of nitrogens with zero attached hydrogens (tertiary/aromatic N) is 2. The molecule has 0 N–H and O–H groups in total. The Balaban J connectivity index is 2.57. The third-order valence-electron chi connectivity index (χ3n) is 8.04. The van der Waals surface area contributed by atoms with Crippen LogP contribution in [0.5, 0.6) is 0 Å². The van der Waals surface area contributed by atoms with E-state index >= 15 is 0 Å². The molecule has 2 heteroatoms. The highest BCUT2D eigenvalue weighted by atomic mass is 14.9. The van der Waals surface area contributed by atoms with E-state index in [0.717, 1.165) is 18.7 Å². The van der Waals surface area contributed by atoms with Crippen molar-refractivity contribution in [2.24, 2.45) is 0 Å². The van der Waals surface area contributed by atoms with Crippen LogP contribution in [0.2, 0.25) is 0 Å². The van der Waals surface area contributed by atoms with Crippen LogP contribution in [-0.2, 0) is 19.3 Å². The van der Waals surface area contributed by atoms with Gasteiger partial charge in [-0.25, -0.2) is 9.97 Å². The summed E-state index contributed by atoms with van der Waals surface area (Å²) >= 11 is 0. The summed E-state index contributed by atoms with van der Waals surface area (Å²) < 4.78 is 0. The average Bonchev–Trinajstić information content (AvgIpc) is 2.89. The summed E-state index contributed by atoms with van der Waals surface area (Å²) in [6.45, 7) is 11.1. The quantitative estimate of drug-likeness (QED) is 0.109. The van der Waals surface area contributed by atoms with E-state index in [4.69, 9.17) is 9.97 Å². The van der Waals surface area contributed by atoms with Gasteiger partial charge in [-0.3, -0.25) is 0 Å². The van der Waals surface area contributed by atoms with Crippen molar-refractivity contribution < 1.29 is 0 Å². The van der Waals surface area contributed by atoms with Gasteiger partial charge in [-0.05, 0) is 44.1 Å². The number of hydrogen-bond donors (Lipinski definition) is 0. The molecule has 0 saturated carbocycles. The first kappa shape index (κ1) is 34.1. The molecule has 0 bridgehead atoms. The minimum absolute atomic E-state index is 0.754. The van der Waals surface area contributed by atoms with E-state index in [1.807, 2.05) is 0 Å². The highest BCUT2D eigenvalue weighted by molar-refractivity contribution is 5.27. The van der Waals surface area contributed by atoms with Gasteiger partial charge in [-0.15, -0.1) is 0 Å². The molecular weight excluding hydrogens is 448 g/mol. The van der Waals surface area contributed by atoms with Gasteiger partial charge in [0.2, 0.25) is 0 Å². The largest absolute Gasteiger partial charge is 0.238 e. The Morgan fingerprint density at radius 1 is 0.378 bits per heavy atom. The average molecular weight is 514 g/mol. The normalized spacial score (nSPS) is 11.5. The van der Waals surface area contributed by atoms with Crippen LogP contribution in [0.25, 0.3) is 0 Å². The molecule has 215 valence electrons. The lowest BCUT2D eigenvalue weighted by atomic mass is 9.96. The molecule has 1 aromatic heterocycles. The smallest absolute Gasteiger partial charge is 0.129 e. The minimum atomic E-state index is 0.754. The molecule has 0 aromatic carbocycles. The van der Waals surface area contributed by atoms with Crippen molar-refractivity contribution >= 4 is 0 Å². The second-order valence-electron chi connectivity index (χ2n) is 11.7. The minimum Gasteiger partial charge on any atom is -0.238 e. The first-order valence-electron chi connectivity index (χ1n) is 16.9. The van der Waals surface area contributed by atoms with E-state index in [2.05, 4.69) is 27.7 Å². The monoisotopic (exact) mass is 514 g/mol. The molecule has 1 rings (SSSR count). The summed E-state index contributed by atoms with van der Waals surface area (Å²) in [7, 11) is 0. The standard InChI is InChI=1S/C35H65N2/c1-5-8-11-14-17-20-23-26-29-33-34(30-27-24-21-18-15-12-9-6-2)36-32(4)37-35(33)31-28-25-22-19-16-13-10-7-3/h4-31H2,1-3H3. The Bertz CT molecular complexity index is 583. The van der Waals surface area contributed by atoms with Crippen LogP contribution in [-0.4, -0.2) is 9.97 Å². The van der Waals surface area contributed by atoms with Gasteiger partial charge in [-0.2, -0.15) is 0 Å². The molecule has 0 atom stereocenters. The van der Waals surface area contributed by atoms with Crippen LogP contribution in [0.3, 0.4) is 0 Å². The topological polar surface area (TPSA) is 25.8 Å². The highest BCUT2D eigenvalue weighted by Crippen LogP contribution is 2.22. The fraction of sp³-hybridized carbons (Fsp3) is 0.857. The fourth-order valence-electron chi connectivity index (χ4n) is 5.63. The molecule has 0 aliphatic rings. The Labute approximate surface area is 233 Å². The lowest BCUT2D eigenvalue weighted by Gasteiger charge is -2.15. The molecule has 1 heterocycles. The Kier molecular flexibility index (Phi) is 23.4. The zero-order valence-electron chi connectivity index (χ0n) is 25.7. The molecule has 2 nitrogen and oxygen atoms in total. The summed E-state index contributed by atoms with van der Waals surface area (Å²) in [5.74, 6) is 0.754. The number of aryl methyl sites for hydroxylation is 2. The molecule has 0 amide bonds. The van der Waals surface area contributed by atoms with Crippen LogP contribution >= 0.6 is 0 Å². The zero-order chi connectivity index (χ0) is 26.8. The van der Waals surface area contributed by atoms with Crippen LogP contribution in [0.15, 0.2) is 0 Å². The van der Waals surface area contributed by atoms with Crippen LogP contribution < -0.4 is 0 Å². The highest BCUT2D eigenvalue weighted by Gasteiger charge is 2.13. The van der Waals surface area contributed by atoms with Gasteiger partial charge in [0.15, 0.2) is 0 Å². The van der Waals surface area contributed by atoms with Gasteiger partial charge in [-0.1, -0.05) is 156 Å². The Morgan fingerprint density at radius 2 is 0.649 bits per heavy atom. The number of aromatic nitrogens is 2. The zero-order valence-corrected chi connectivity index (χ0v) is 25.7. The van der Waals surface area contributed by atoms with Crippen molar-refractivity contribution in [2.45, 2.75) is 194 Å². The maximum atomic E-state index is 4.90. The van der Waals surface area contributed by atoms with Gasteiger partial charge in [0.25, 0.3) is 0 Å². The van der Waals surface area contributed by atoms with E-state index in [9.17, 15) is 0 Å². The Morgan fingerprint density at radius 3 is 0.973 bits per heavy atom. The molecule has 1 radical (unpaired) electrons. The molecule has 0 aliphatic heterocycles. The van der Waals surface area contributed by atoms with E-state index in [-0.39, 0.29) is 0 Å². The molecule has 0 aliphatic carbocycles. The lowest BCUT2D eigenvalue weighted by molar-refractivity contribution is 0.562. The predicted molar refractivity (Wildman–Crippen MR) is 165 cm³/mol. The molecule has 0 unspecified atom stereocenters. The molecule has 0 saturated heterocycles. The second kappa shape index (κ2) is 25.4. The number of rotatable bonds is 27. The summed E-state index contributed by atoms with van der Waals surface area (Å²) in [6, 6.07) is 0. The van der Waals surface area contributed by atoms with Crippen LogP contribution in [0, 0.1) is 6.92 Å². The summed E-state index contributed by atoms with van der Waals surface area (Å²) in [5.41, 5.74) is 4.18. The number of hydrogen-bond acceptors (Lipinski definition) is 2. The van der Waals surface area contributed by atoms with Crippen molar-refractivity contribution in [3.05, 3.63) is 29.7 Å². The molecule has 37 heavy (non-hydrogen) atoms. The number of unbranched alkanes of at least 4 members (excludes halogenated alkanes) is 21. The third-order valence-corrected chi connectivity index (χ3v) is 8.04. The van der Waals surface area contributed by atoms with Gasteiger partial charge in [0.1, 0.15) is 5.82 Å². The van der Waals surface area contributed by atoms with E-state index < -0.39 is 0 Å². The van der Waals surface area contributed by atoms with Gasteiger partial charge < -0.3 is 0 Å². The lowest BCUT2D eigenvalue weighted by Crippen LogP contribution is -2.09. The molecule has 0 spiro atoms. The summed E-state index contributed by atoms with van der Waals surface area (Å²) in [6.07, 6.45) is 36.4. The first-order valence-corrected chi connectivity index (χ1v) is 16.9. The summed E-state index contributed by atoms with van der Waals surface area (Å²) in [4.78, 5) is 9.81. The maximum Gasteiger partial charge on any atom is 0.129 e. The first-order chi connectivity index (χ1) is 18.2. The molecule has 1 aromatic rings. The maximum absolute atomic E-state index is 4.90. The third kappa shape index (κ3) is 18.9. The van der Waals surface area contributed by atoms with Crippen molar-refractivity contribution in [1.82, 2.24) is 9.97 Å². The second-order valence-corrected chi connectivity index (χ2v) is 11.7. The van der Waals surface area contributed by atoms with Crippen LogP contribution in [0.1, 0.15) is 198 Å². The van der Waals surface area contributed by atoms with Gasteiger partial charge >= 0.3 is 0 Å². The van der Waals surface area contributed by atoms with Crippen molar-refractivity contribution in [3.63, 3.8) is 0 Å². The van der Waals surface area contributed by atoms with E-state index in [1.165, 1.54) is 177 Å². The van der Waals surface area contributed by atoms with Crippen molar-refractivity contribution in [3.8, 4) is 0 Å². The van der Waals surface area contributed by atoms with E-state index in [1.54, 1.807) is 0 Å². The van der Waals surface area contributed by atoms with E-state index in [0.29, 0.717) is 0 Å². The molecule has 0 fully saturated rings. The van der Waals surface area contributed by atoms with Gasteiger partial charge in [0, 0.05) is 18.3 Å². The van der Waals surface area contributed by atoms with Crippen molar-refractivity contribution in [2.75, 3.05) is 0 Å². The Hall–Kier alpha value is -0.920. The van der Waals surface area contributed by atoms with Crippen molar-refractivity contribution in [1.29, 1.82) is 0 Å². The summed E-state index contributed by atoms with van der Waals surface area (Å²) in [5, 5.41) is 0. The van der Waals surface area contributed by atoms with Crippen LogP contribution in [0.4, 0.5) is 0 Å². The fourth-order valence-corrected chi connectivity index (χ4v) is 5.63. The SMILES string of the molecule is [CH2]c1nc(CCCCCCCCCC)c(CCCCCCCCCC)c(CCCCCCCCCC)n1. The predicted octanol–water partition coefficient (Wildman–Crippen LogP) is 11.7. The van der Waals surface area contributed by atoms with Gasteiger partial charge in [0.05, 0.1) is 0 Å². The molecular formula is C35H65N2.